The third-order valence-electron chi connectivity index (χ3n) is 2.91. The molecule has 1 atom stereocenters. The van der Waals surface area contributed by atoms with E-state index in [4.69, 9.17) is 5.73 Å². The van der Waals surface area contributed by atoms with Crippen LogP contribution in [0.25, 0.3) is 0 Å². The van der Waals surface area contributed by atoms with E-state index in [1.165, 1.54) is 5.56 Å². The highest BCUT2D eigenvalue weighted by Crippen LogP contribution is 2.24. The number of carbonyl (C=O) groups is 1. The zero-order chi connectivity index (χ0) is 11.6. The number of benzene rings is 1. The number of nitrogens with two attached hydrogens (primary N) is 1. The van der Waals surface area contributed by atoms with Crippen molar-refractivity contribution < 1.29 is 4.79 Å². The van der Waals surface area contributed by atoms with Crippen LogP contribution < -0.4 is 11.1 Å². The highest BCUT2D eigenvalue weighted by Gasteiger charge is 2.32. The summed E-state index contributed by atoms with van der Waals surface area (Å²) in [6.45, 7) is 5.81. The van der Waals surface area contributed by atoms with Crippen molar-refractivity contribution in [3.63, 3.8) is 0 Å². The van der Waals surface area contributed by atoms with Crippen LogP contribution in [0.4, 0.5) is 0 Å². The van der Waals surface area contributed by atoms with Gasteiger partial charge in [0.2, 0.25) is 5.91 Å². The minimum Gasteiger partial charge on any atom is -0.368 e. The zero-order valence-corrected chi connectivity index (χ0v) is 9.72. The van der Waals surface area contributed by atoms with E-state index in [2.05, 4.69) is 5.32 Å². The molecule has 0 spiro atoms. The van der Waals surface area contributed by atoms with Gasteiger partial charge in [-0.25, -0.2) is 0 Å². The lowest BCUT2D eigenvalue weighted by atomic mass is 9.87. The molecule has 0 heterocycles. The van der Waals surface area contributed by atoms with E-state index in [0.717, 1.165) is 11.1 Å². The third kappa shape index (κ3) is 2.02. The summed E-state index contributed by atoms with van der Waals surface area (Å²) in [4.78, 5) is 11.4. The van der Waals surface area contributed by atoms with Gasteiger partial charge in [-0.1, -0.05) is 23.8 Å². The predicted octanol–water partition coefficient (Wildman–Crippen LogP) is 1.22. The summed E-state index contributed by atoms with van der Waals surface area (Å²) in [5, 5.41) is 2.98. The molecular formula is C12H18N2O. The Balaban J connectivity index is 3.30. The second kappa shape index (κ2) is 4.03. The number of amides is 1. The Morgan fingerprint density at radius 3 is 2.40 bits per heavy atom. The van der Waals surface area contributed by atoms with Crippen LogP contribution in [0.15, 0.2) is 18.2 Å². The molecule has 0 bridgehead atoms. The monoisotopic (exact) mass is 206 g/mol. The van der Waals surface area contributed by atoms with Gasteiger partial charge in [0.05, 0.1) is 0 Å². The van der Waals surface area contributed by atoms with Gasteiger partial charge >= 0.3 is 0 Å². The molecule has 0 aliphatic rings. The number of carbonyl (C=O) groups excluding carboxylic acids is 1. The third-order valence-corrected chi connectivity index (χ3v) is 2.91. The molecule has 3 nitrogen and oxygen atoms in total. The molecule has 82 valence electrons. The topological polar surface area (TPSA) is 55.1 Å². The molecule has 15 heavy (non-hydrogen) atoms. The summed E-state index contributed by atoms with van der Waals surface area (Å²) in [6.07, 6.45) is 0. The molecule has 1 unspecified atom stereocenters. The first kappa shape index (κ1) is 11.7. The minimum atomic E-state index is -0.794. The summed E-state index contributed by atoms with van der Waals surface area (Å²) in [7, 11) is 1.74. The van der Waals surface area contributed by atoms with Crippen LogP contribution in [0, 0.1) is 13.8 Å². The van der Waals surface area contributed by atoms with E-state index in [0.29, 0.717) is 0 Å². The molecule has 1 amide bonds. The molecule has 0 saturated heterocycles. The smallest absolute Gasteiger partial charge is 0.242 e. The lowest BCUT2D eigenvalue weighted by molar-refractivity contribution is -0.123. The predicted molar refractivity (Wildman–Crippen MR) is 61.5 cm³/mol. The van der Waals surface area contributed by atoms with Gasteiger partial charge in [0.1, 0.15) is 5.54 Å². The molecule has 0 fully saturated rings. The number of hydrogen-bond donors (Lipinski definition) is 2. The van der Waals surface area contributed by atoms with Crippen molar-refractivity contribution in [3.05, 3.63) is 34.9 Å². The van der Waals surface area contributed by atoms with E-state index in [1.54, 1.807) is 14.0 Å². The Morgan fingerprint density at radius 1 is 1.40 bits per heavy atom. The van der Waals surface area contributed by atoms with Crippen LogP contribution in [-0.2, 0) is 10.3 Å². The Labute approximate surface area is 90.7 Å². The second-order valence-electron chi connectivity index (χ2n) is 4.06. The van der Waals surface area contributed by atoms with E-state index < -0.39 is 5.54 Å². The standard InChI is InChI=1S/C12H18N2O/c1-8-5-6-10(9(2)7-8)12(3,14-4)11(13)15/h5-7,14H,1-4H3,(H2,13,15). The van der Waals surface area contributed by atoms with Gasteiger partial charge in [0.25, 0.3) is 0 Å². The highest BCUT2D eigenvalue weighted by atomic mass is 16.1. The Bertz CT molecular complexity index is 387. The van der Waals surface area contributed by atoms with E-state index >= 15 is 0 Å². The van der Waals surface area contributed by atoms with E-state index in [1.807, 2.05) is 32.0 Å². The van der Waals surface area contributed by atoms with Crippen LogP contribution in [0.1, 0.15) is 23.6 Å². The molecule has 0 aromatic heterocycles. The number of primary amides is 1. The maximum atomic E-state index is 11.4. The van der Waals surface area contributed by atoms with Crippen molar-refractivity contribution in [1.82, 2.24) is 5.32 Å². The summed E-state index contributed by atoms with van der Waals surface area (Å²) >= 11 is 0. The van der Waals surface area contributed by atoms with Gasteiger partial charge in [-0.3, -0.25) is 4.79 Å². The number of rotatable bonds is 3. The second-order valence-corrected chi connectivity index (χ2v) is 4.06. The quantitative estimate of drug-likeness (QED) is 0.781. The van der Waals surface area contributed by atoms with Crippen molar-refractivity contribution in [2.24, 2.45) is 5.73 Å². The first-order valence-corrected chi connectivity index (χ1v) is 4.98. The van der Waals surface area contributed by atoms with Gasteiger partial charge in [0.15, 0.2) is 0 Å². The molecule has 0 aliphatic carbocycles. The fourth-order valence-electron chi connectivity index (χ4n) is 1.77. The molecule has 3 heteroatoms. The molecule has 0 radical (unpaired) electrons. The van der Waals surface area contributed by atoms with Crippen molar-refractivity contribution in [2.75, 3.05) is 7.05 Å². The molecule has 1 aromatic rings. The SMILES string of the molecule is CNC(C)(C(N)=O)c1ccc(C)cc1C. The van der Waals surface area contributed by atoms with Crippen LogP contribution in [0.3, 0.4) is 0 Å². The maximum Gasteiger partial charge on any atom is 0.242 e. The van der Waals surface area contributed by atoms with Crippen molar-refractivity contribution in [1.29, 1.82) is 0 Å². The molecule has 1 rings (SSSR count). The van der Waals surface area contributed by atoms with Gasteiger partial charge in [-0.05, 0) is 38.9 Å². The van der Waals surface area contributed by atoms with Crippen molar-refractivity contribution >= 4 is 5.91 Å². The van der Waals surface area contributed by atoms with Crippen LogP contribution in [0.2, 0.25) is 0 Å². The van der Waals surface area contributed by atoms with Crippen LogP contribution >= 0.6 is 0 Å². The Hall–Kier alpha value is -1.35. The number of hydrogen-bond acceptors (Lipinski definition) is 2. The first-order chi connectivity index (χ1) is 6.91. The van der Waals surface area contributed by atoms with Crippen LogP contribution in [-0.4, -0.2) is 13.0 Å². The normalized spacial score (nSPS) is 14.7. The molecule has 3 N–H and O–H groups in total. The average Bonchev–Trinajstić information content (AvgIpc) is 2.16. The van der Waals surface area contributed by atoms with Crippen LogP contribution in [0.5, 0.6) is 0 Å². The Morgan fingerprint density at radius 2 is 2.00 bits per heavy atom. The van der Waals surface area contributed by atoms with Gasteiger partial charge in [0, 0.05) is 0 Å². The highest BCUT2D eigenvalue weighted by molar-refractivity contribution is 5.86. The summed E-state index contributed by atoms with van der Waals surface area (Å²) in [5.41, 5.74) is 7.81. The molecule has 1 aromatic carbocycles. The summed E-state index contributed by atoms with van der Waals surface area (Å²) < 4.78 is 0. The summed E-state index contributed by atoms with van der Waals surface area (Å²) in [5.74, 6) is -0.364. The number of aryl methyl sites for hydroxylation is 2. The van der Waals surface area contributed by atoms with Gasteiger partial charge < -0.3 is 11.1 Å². The zero-order valence-electron chi connectivity index (χ0n) is 9.72. The largest absolute Gasteiger partial charge is 0.368 e. The fraction of sp³-hybridized carbons (Fsp3) is 0.417. The molecule has 0 aliphatic heterocycles. The molecular weight excluding hydrogens is 188 g/mol. The Kier molecular flexibility index (Phi) is 3.15. The number of likely N-dealkylation sites (N-methyl/N-ethyl adjacent to an activating group) is 1. The molecule has 0 saturated carbocycles. The van der Waals surface area contributed by atoms with Gasteiger partial charge in [-0.2, -0.15) is 0 Å². The summed E-state index contributed by atoms with van der Waals surface area (Å²) in [6, 6.07) is 5.99. The lowest BCUT2D eigenvalue weighted by Gasteiger charge is -2.27. The van der Waals surface area contributed by atoms with Crippen molar-refractivity contribution in [3.8, 4) is 0 Å². The average molecular weight is 206 g/mol. The van der Waals surface area contributed by atoms with Crippen molar-refractivity contribution in [2.45, 2.75) is 26.3 Å². The maximum absolute atomic E-state index is 11.4. The van der Waals surface area contributed by atoms with E-state index in [-0.39, 0.29) is 5.91 Å². The van der Waals surface area contributed by atoms with E-state index in [9.17, 15) is 4.79 Å². The minimum absolute atomic E-state index is 0.364. The fourth-order valence-corrected chi connectivity index (χ4v) is 1.77. The van der Waals surface area contributed by atoms with Gasteiger partial charge in [-0.15, -0.1) is 0 Å². The lowest BCUT2D eigenvalue weighted by Crippen LogP contribution is -2.49. The number of nitrogens with one attached hydrogen (secondary N) is 1. The first-order valence-electron chi connectivity index (χ1n) is 4.98.